The highest BCUT2D eigenvalue weighted by Crippen LogP contribution is 2.44. The molecule has 2 aromatic carbocycles. The third-order valence-corrected chi connectivity index (χ3v) is 7.28. The predicted molar refractivity (Wildman–Crippen MR) is 147 cm³/mol. The molecule has 0 bridgehead atoms. The lowest BCUT2D eigenvalue weighted by Gasteiger charge is -2.17. The van der Waals surface area contributed by atoms with Crippen LogP contribution in [-0.4, -0.2) is 33.5 Å². The van der Waals surface area contributed by atoms with Crippen molar-refractivity contribution in [1.29, 1.82) is 0 Å². The average Bonchev–Trinajstić information content (AvgIpc) is 3.65. The number of fused-ring (bicyclic) bond motifs is 1. The number of aryl methyl sites for hydroxylation is 1. The standard InChI is InChI=1S/C31H26FN5O2/c1-19-6-7-22(29(38)35-31(13-14-31)26-5-3-4-15-34-26)17-24(19)21-12-16-37-25(18-21)27(30(39)33-2)28(36-37)20-8-10-23(32)11-9-20/h3-12,15-18H,13-14H2,1-2H3,(H,33,39)(H,35,38). The van der Waals surface area contributed by atoms with Crippen LogP contribution in [0.2, 0.25) is 0 Å². The van der Waals surface area contributed by atoms with E-state index in [4.69, 9.17) is 0 Å². The smallest absolute Gasteiger partial charge is 0.255 e. The number of halogens is 1. The van der Waals surface area contributed by atoms with E-state index in [0.717, 1.165) is 35.2 Å². The molecule has 2 amide bonds. The molecular weight excluding hydrogens is 493 g/mol. The molecule has 7 nitrogen and oxygen atoms in total. The molecule has 0 unspecified atom stereocenters. The highest BCUT2D eigenvalue weighted by atomic mass is 19.1. The first-order valence-electron chi connectivity index (χ1n) is 12.7. The molecule has 3 heterocycles. The van der Waals surface area contributed by atoms with Crippen LogP contribution in [0.15, 0.2) is 85.2 Å². The van der Waals surface area contributed by atoms with Crippen LogP contribution in [0.25, 0.3) is 27.9 Å². The van der Waals surface area contributed by atoms with Crippen molar-refractivity contribution in [2.24, 2.45) is 0 Å². The van der Waals surface area contributed by atoms with E-state index < -0.39 is 5.54 Å². The van der Waals surface area contributed by atoms with Gasteiger partial charge in [-0.2, -0.15) is 5.10 Å². The fourth-order valence-corrected chi connectivity index (χ4v) is 4.95. The van der Waals surface area contributed by atoms with Gasteiger partial charge in [0.25, 0.3) is 11.8 Å². The summed E-state index contributed by atoms with van der Waals surface area (Å²) < 4.78 is 15.2. The maximum absolute atomic E-state index is 13.5. The van der Waals surface area contributed by atoms with Crippen LogP contribution in [0.4, 0.5) is 4.39 Å². The number of pyridine rings is 2. The molecule has 0 saturated heterocycles. The Hall–Kier alpha value is -4.85. The molecule has 0 aliphatic heterocycles. The van der Waals surface area contributed by atoms with E-state index in [-0.39, 0.29) is 17.6 Å². The second kappa shape index (κ2) is 9.47. The zero-order valence-corrected chi connectivity index (χ0v) is 21.5. The van der Waals surface area contributed by atoms with Crippen LogP contribution in [-0.2, 0) is 5.54 Å². The molecule has 3 aromatic heterocycles. The van der Waals surface area contributed by atoms with Gasteiger partial charge in [0.1, 0.15) is 11.5 Å². The molecule has 8 heteroatoms. The van der Waals surface area contributed by atoms with Crippen molar-refractivity contribution in [3.05, 3.63) is 113 Å². The largest absolute Gasteiger partial charge is 0.355 e. The summed E-state index contributed by atoms with van der Waals surface area (Å²) in [6, 6.07) is 21.1. The van der Waals surface area contributed by atoms with E-state index in [0.29, 0.717) is 27.9 Å². The second-order valence-corrected chi connectivity index (χ2v) is 9.84. The molecule has 39 heavy (non-hydrogen) atoms. The Labute approximate surface area is 224 Å². The first-order chi connectivity index (χ1) is 18.9. The Bertz CT molecular complexity index is 1720. The number of nitrogens with one attached hydrogen (secondary N) is 2. The van der Waals surface area contributed by atoms with Crippen LogP contribution in [0.3, 0.4) is 0 Å². The van der Waals surface area contributed by atoms with E-state index in [1.165, 1.54) is 12.1 Å². The van der Waals surface area contributed by atoms with Gasteiger partial charge in [-0.05, 0) is 97.1 Å². The molecule has 1 saturated carbocycles. The van der Waals surface area contributed by atoms with Crippen LogP contribution in [0, 0.1) is 12.7 Å². The summed E-state index contributed by atoms with van der Waals surface area (Å²) in [6.07, 6.45) is 5.24. The van der Waals surface area contributed by atoms with Crippen molar-refractivity contribution >= 4 is 17.3 Å². The first kappa shape index (κ1) is 24.5. The van der Waals surface area contributed by atoms with Crippen molar-refractivity contribution in [3.8, 4) is 22.4 Å². The first-order valence-corrected chi connectivity index (χ1v) is 12.7. The van der Waals surface area contributed by atoms with Crippen LogP contribution in [0.5, 0.6) is 0 Å². The summed E-state index contributed by atoms with van der Waals surface area (Å²) in [6.45, 7) is 1.98. The number of carbonyl (C=O) groups is 2. The molecule has 1 fully saturated rings. The van der Waals surface area contributed by atoms with Gasteiger partial charge in [0.15, 0.2) is 0 Å². The number of carbonyl (C=O) groups excluding carboxylic acids is 2. The number of nitrogens with zero attached hydrogens (tertiary/aromatic N) is 3. The summed E-state index contributed by atoms with van der Waals surface area (Å²) in [4.78, 5) is 30.7. The van der Waals surface area contributed by atoms with Gasteiger partial charge in [0.05, 0.1) is 22.3 Å². The quantitative estimate of drug-likeness (QED) is 0.319. The van der Waals surface area contributed by atoms with Gasteiger partial charge in [-0.15, -0.1) is 0 Å². The van der Waals surface area contributed by atoms with Crippen LogP contribution >= 0.6 is 0 Å². The summed E-state index contributed by atoms with van der Waals surface area (Å²) in [5, 5.41) is 10.5. The van der Waals surface area contributed by atoms with Crippen molar-refractivity contribution < 1.29 is 14.0 Å². The van der Waals surface area contributed by atoms with Crippen molar-refractivity contribution in [2.45, 2.75) is 25.3 Å². The van der Waals surface area contributed by atoms with E-state index in [2.05, 4.69) is 20.7 Å². The average molecular weight is 520 g/mol. The van der Waals surface area contributed by atoms with E-state index in [1.807, 2.05) is 55.5 Å². The summed E-state index contributed by atoms with van der Waals surface area (Å²) in [5.74, 6) is -0.816. The van der Waals surface area contributed by atoms with E-state index >= 15 is 0 Å². The lowest BCUT2D eigenvalue weighted by Crippen LogP contribution is -2.35. The van der Waals surface area contributed by atoms with Gasteiger partial charge in [-0.3, -0.25) is 14.6 Å². The normalized spacial score (nSPS) is 13.7. The minimum absolute atomic E-state index is 0.158. The maximum atomic E-state index is 13.5. The van der Waals surface area contributed by atoms with E-state index in [9.17, 15) is 14.0 Å². The summed E-state index contributed by atoms with van der Waals surface area (Å²) >= 11 is 0. The Morgan fingerprint density at radius 2 is 1.74 bits per heavy atom. The topological polar surface area (TPSA) is 88.4 Å². The predicted octanol–water partition coefficient (Wildman–Crippen LogP) is 5.29. The molecule has 1 aliphatic rings. The minimum atomic E-state index is -0.418. The zero-order valence-electron chi connectivity index (χ0n) is 21.5. The number of rotatable bonds is 6. The lowest BCUT2D eigenvalue weighted by molar-refractivity contribution is 0.0928. The molecule has 0 spiro atoms. The third-order valence-electron chi connectivity index (χ3n) is 7.28. The molecule has 2 N–H and O–H groups in total. The molecule has 6 rings (SSSR count). The molecule has 194 valence electrons. The Morgan fingerprint density at radius 1 is 0.949 bits per heavy atom. The van der Waals surface area contributed by atoms with Gasteiger partial charge >= 0.3 is 0 Å². The van der Waals surface area contributed by atoms with Gasteiger partial charge in [-0.1, -0.05) is 12.1 Å². The Kier molecular flexibility index (Phi) is 5.95. The van der Waals surface area contributed by atoms with Crippen LogP contribution < -0.4 is 10.6 Å². The molecule has 1 aliphatic carbocycles. The number of amides is 2. The van der Waals surface area contributed by atoms with Crippen LogP contribution in [0.1, 0.15) is 44.8 Å². The minimum Gasteiger partial charge on any atom is -0.355 e. The Balaban J connectivity index is 1.39. The SMILES string of the molecule is CNC(=O)c1c(-c2ccc(F)cc2)nn2ccc(-c3cc(C(=O)NC4(c5ccccn5)CC4)ccc3C)cc12. The van der Waals surface area contributed by atoms with E-state index in [1.54, 1.807) is 36.1 Å². The number of aromatic nitrogens is 3. The van der Waals surface area contributed by atoms with Gasteiger partial charge in [0, 0.05) is 30.6 Å². The fourth-order valence-electron chi connectivity index (χ4n) is 4.95. The van der Waals surface area contributed by atoms with Gasteiger partial charge in [0.2, 0.25) is 0 Å². The summed E-state index contributed by atoms with van der Waals surface area (Å²) in [5.41, 5.74) is 5.80. The molecule has 0 atom stereocenters. The van der Waals surface area contributed by atoms with Crippen molar-refractivity contribution in [1.82, 2.24) is 25.2 Å². The Morgan fingerprint density at radius 3 is 2.44 bits per heavy atom. The maximum Gasteiger partial charge on any atom is 0.255 e. The molecule has 5 aromatic rings. The highest BCUT2D eigenvalue weighted by molar-refractivity contribution is 6.07. The monoisotopic (exact) mass is 519 g/mol. The third kappa shape index (κ3) is 4.44. The van der Waals surface area contributed by atoms with Gasteiger partial charge < -0.3 is 10.6 Å². The molecular formula is C31H26FN5O2. The number of hydrogen-bond donors (Lipinski definition) is 2. The number of hydrogen-bond acceptors (Lipinski definition) is 4. The summed E-state index contributed by atoms with van der Waals surface area (Å²) in [7, 11) is 1.56. The number of benzene rings is 2. The van der Waals surface area contributed by atoms with Gasteiger partial charge in [-0.25, -0.2) is 8.91 Å². The fraction of sp³-hybridized carbons (Fsp3) is 0.161. The van der Waals surface area contributed by atoms with Crippen molar-refractivity contribution in [2.75, 3.05) is 7.05 Å². The van der Waals surface area contributed by atoms with Crippen molar-refractivity contribution in [3.63, 3.8) is 0 Å². The zero-order chi connectivity index (χ0) is 27.1. The second-order valence-electron chi connectivity index (χ2n) is 9.84. The molecule has 0 radical (unpaired) electrons. The lowest BCUT2D eigenvalue weighted by atomic mass is 9.97. The highest BCUT2D eigenvalue weighted by Gasteiger charge is 2.47.